The Labute approximate surface area is 134 Å². The van der Waals surface area contributed by atoms with Gasteiger partial charge in [0.2, 0.25) is 0 Å². The summed E-state index contributed by atoms with van der Waals surface area (Å²) in [4.78, 5) is 10.3. The van der Waals surface area contributed by atoms with E-state index in [1.807, 2.05) is 6.92 Å². The van der Waals surface area contributed by atoms with E-state index in [1.165, 1.54) is 6.26 Å². The molecule has 0 N–H and O–H groups in total. The molecule has 0 radical (unpaired) electrons. The quantitative estimate of drug-likeness (QED) is 0.746. The Morgan fingerprint density at radius 1 is 1.52 bits per heavy atom. The van der Waals surface area contributed by atoms with Gasteiger partial charge in [-0.05, 0) is 6.92 Å². The number of sulfone groups is 1. The van der Waals surface area contributed by atoms with E-state index in [2.05, 4.69) is 9.97 Å². The lowest BCUT2D eigenvalue weighted by Gasteiger charge is -2.35. The third kappa shape index (κ3) is 4.45. The van der Waals surface area contributed by atoms with Crippen molar-refractivity contribution in [1.82, 2.24) is 9.97 Å². The number of halogens is 1. The van der Waals surface area contributed by atoms with Crippen molar-refractivity contribution in [3.8, 4) is 0 Å². The minimum atomic E-state index is -3.20. The number of hydrogen-bond acceptors (Lipinski definition) is 7. The van der Waals surface area contributed by atoms with Crippen LogP contribution < -0.4 is 4.90 Å². The van der Waals surface area contributed by atoms with Crippen molar-refractivity contribution >= 4 is 39.0 Å². The standard InChI is InChI=1S/C12H18ClN3O3S2/c1-3-19-7-10-14-9(13)6-11(15-10)16-4-5-20-8-12(16)21(2,17)18/h6,12H,3-5,7-8H2,1-2H3. The fourth-order valence-electron chi connectivity index (χ4n) is 2.05. The molecule has 2 rings (SSSR count). The Morgan fingerprint density at radius 2 is 2.29 bits per heavy atom. The topological polar surface area (TPSA) is 72.4 Å². The van der Waals surface area contributed by atoms with Crippen LogP contribution in [0.25, 0.3) is 0 Å². The van der Waals surface area contributed by atoms with Gasteiger partial charge in [0.25, 0.3) is 0 Å². The van der Waals surface area contributed by atoms with E-state index in [0.717, 1.165) is 5.75 Å². The number of rotatable bonds is 5. The highest BCUT2D eigenvalue weighted by molar-refractivity contribution is 8.01. The summed E-state index contributed by atoms with van der Waals surface area (Å²) in [6.07, 6.45) is 1.25. The molecule has 0 saturated carbocycles. The molecule has 1 aromatic rings. The summed E-state index contributed by atoms with van der Waals surface area (Å²) in [5.74, 6) is 2.39. The molecule has 0 aliphatic carbocycles. The summed E-state index contributed by atoms with van der Waals surface area (Å²) in [6, 6.07) is 1.60. The van der Waals surface area contributed by atoms with Crippen LogP contribution >= 0.6 is 23.4 Å². The van der Waals surface area contributed by atoms with Gasteiger partial charge in [0.05, 0.1) is 0 Å². The lowest BCUT2D eigenvalue weighted by molar-refractivity contribution is 0.128. The van der Waals surface area contributed by atoms with Gasteiger partial charge in [0.15, 0.2) is 15.7 Å². The maximum atomic E-state index is 12.0. The predicted molar refractivity (Wildman–Crippen MR) is 85.7 cm³/mol. The lowest BCUT2D eigenvalue weighted by atomic mass is 10.4. The van der Waals surface area contributed by atoms with E-state index >= 15 is 0 Å². The largest absolute Gasteiger partial charge is 0.374 e. The minimum absolute atomic E-state index is 0.260. The summed E-state index contributed by atoms with van der Waals surface area (Å²) in [5, 5.41) is -0.289. The normalized spacial score (nSPS) is 19.8. The molecule has 0 aromatic carbocycles. The third-order valence-corrected chi connectivity index (χ3v) is 5.87. The molecule has 118 valence electrons. The summed E-state index contributed by atoms with van der Waals surface area (Å²) < 4.78 is 29.2. The smallest absolute Gasteiger partial charge is 0.169 e. The Balaban J connectivity index is 2.32. The van der Waals surface area contributed by atoms with Crippen LogP contribution in [-0.4, -0.2) is 54.7 Å². The summed E-state index contributed by atoms with van der Waals surface area (Å²) in [6.45, 7) is 3.31. The molecule has 1 aliphatic heterocycles. The highest BCUT2D eigenvalue weighted by atomic mass is 35.5. The van der Waals surface area contributed by atoms with Crippen LogP contribution in [0.4, 0.5) is 5.82 Å². The molecule has 1 saturated heterocycles. The van der Waals surface area contributed by atoms with Gasteiger partial charge in [0.1, 0.15) is 23.0 Å². The van der Waals surface area contributed by atoms with Gasteiger partial charge in [-0.3, -0.25) is 0 Å². The van der Waals surface area contributed by atoms with E-state index in [1.54, 1.807) is 22.7 Å². The maximum absolute atomic E-state index is 12.0. The zero-order valence-corrected chi connectivity index (χ0v) is 14.3. The number of nitrogens with zero attached hydrogens (tertiary/aromatic N) is 3. The number of anilines is 1. The monoisotopic (exact) mass is 351 g/mol. The van der Waals surface area contributed by atoms with Crippen LogP contribution in [0.1, 0.15) is 12.7 Å². The van der Waals surface area contributed by atoms with Gasteiger partial charge in [0, 0.05) is 37.0 Å². The van der Waals surface area contributed by atoms with E-state index in [9.17, 15) is 8.42 Å². The average molecular weight is 352 g/mol. The summed E-state index contributed by atoms with van der Waals surface area (Å²) >= 11 is 7.65. The molecule has 0 bridgehead atoms. The van der Waals surface area contributed by atoms with Crippen LogP contribution in [0.5, 0.6) is 0 Å². The molecule has 0 spiro atoms. The number of ether oxygens (including phenoxy) is 1. The second kappa shape index (κ2) is 7.13. The van der Waals surface area contributed by atoms with Crippen molar-refractivity contribution in [2.75, 3.05) is 35.8 Å². The Morgan fingerprint density at radius 3 is 2.95 bits per heavy atom. The van der Waals surface area contributed by atoms with E-state index in [-0.39, 0.29) is 6.61 Å². The summed E-state index contributed by atoms with van der Waals surface area (Å²) in [7, 11) is -3.20. The number of thioether (sulfide) groups is 1. The van der Waals surface area contributed by atoms with E-state index in [4.69, 9.17) is 16.3 Å². The molecule has 9 heteroatoms. The van der Waals surface area contributed by atoms with Crippen molar-refractivity contribution in [3.63, 3.8) is 0 Å². The molecule has 0 amide bonds. The van der Waals surface area contributed by atoms with Crippen LogP contribution in [0.15, 0.2) is 6.07 Å². The fraction of sp³-hybridized carbons (Fsp3) is 0.667. The molecule has 6 nitrogen and oxygen atoms in total. The van der Waals surface area contributed by atoms with Crippen molar-refractivity contribution < 1.29 is 13.2 Å². The Hall–Kier alpha value is -0.570. The average Bonchev–Trinajstić information content (AvgIpc) is 2.43. The molecule has 1 unspecified atom stereocenters. The minimum Gasteiger partial charge on any atom is -0.374 e. The highest BCUT2D eigenvalue weighted by Crippen LogP contribution is 2.26. The fourth-order valence-corrected chi connectivity index (χ4v) is 5.08. The molecule has 2 heterocycles. The van der Waals surface area contributed by atoms with E-state index in [0.29, 0.717) is 35.7 Å². The first-order chi connectivity index (χ1) is 9.91. The van der Waals surface area contributed by atoms with Gasteiger partial charge in [-0.25, -0.2) is 18.4 Å². The third-order valence-electron chi connectivity index (χ3n) is 3.04. The van der Waals surface area contributed by atoms with Gasteiger partial charge in [-0.1, -0.05) is 11.6 Å². The van der Waals surface area contributed by atoms with Gasteiger partial charge < -0.3 is 9.64 Å². The van der Waals surface area contributed by atoms with Crippen molar-refractivity contribution in [1.29, 1.82) is 0 Å². The Kier molecular flexibility index (Phi) is 5.70. The highest BCUT2D eigenvalue weighted by Gasteiger charge is 2.32. The number of hydrogen-bond donors (Lipinski definition) is 0. The van der Waals surface area contributed by atoms with Crippen LogP contribution in [0, 0.1) is 0 Å². The first kappa shape index (κ1) is 16.8. The molecular formula is C12H18ClN3O3S2. The molecule has 1 atom stereocenters. The SMILES string of the molecule is CCOCc1nc(Cl)cc(N2CCSCC2S(C)(=O)=O)n1. The van der Waals surface area contributed by atoms with Crippen molar-refractivity contribution in [2.24, 2.45) is 0 Å². The van der Waals surface area contributed by atoms with Crippen molar-refractivity contribution in [3.05, 3.63) is 17.0 Å². The maximum Gasteiger partial charge on any atom is 0.169 e. The predicted octanol–water partition coefficient (Wildman–Crippen LogP) is 1.59. The molecular weight excluding hydrogens is 334 g/mol. The summed E-state index contributed by atoms with van der Waals surface area (Å²) in [5.41, 5.74) is 0. The number of aromatic nitrogens is 2. The lowest BCUT2D eigenvalue weighted by Crippen LogP contribution is -2.47. The first-order valence-electron chi connectivity index (χ1n) is 6.56. The second-order valence-electron chi connectivity index (χ2n) is 4.65. The van der Waals surface area contributed by atoms with Gasteiger partial charge in [-0.15, -0.1) is 0 Å². The van der Waals surface area contributed by atoms with Crippen LogP contribution in [-0.2, 0) is 21.2 Å². The molecule has 1 fully saturated rings. The zero-order valence-electron chi connectivity index (χ0n) is 12.0. The zero-order chi connectivity index (χ0) is 15.5. The molecule has 21 heavy (non-hydrogen) atoms. The molecule has 1 aromatic heterocycles. The Bertz CT molecular complexity index is 597. The van der Waals surface area contributed by atoms with Gasteiger partial charge in [-0.2, -0.15) is 11.8 Å². The van der Waals surface area contributed by atoms with Crippen molar-refractivity contribution in [2.45, 2.75) is 18.9 Å². The molecule has 1 aliphatic rings. The van der Waals surface area contributed by atoms with Gasteiger partial charge >= 0.3 is 0 Å². The first-order valence-corrected chi connectivity index (χ1v) is 10.0. The van der Waals surface area contributed by atoms with Crippen LogP contribution in [0.3, 0.4) is 0 Å². The second-order valence-corrected chi connectivity index (χ2v) is 8.40. The van der Waals surface area contributed by atoms with Crippen LogP contribution in [0.2, 0.25) is 5.15 Å². The van der Waals surface area contributed by atoms with E-state index < -0.39 is 15.2 Å².